The van der Waals surface area contributed by atoms with Gasteiger partial charge in [-0.3, -0.25) is 14.4 Å². The fraction of sp³-hybridized carbons (Fsp3) is 0.480. The number of nitrogens with zero attached hydrogens (tertiary/aromatic N) is 2. The number of halogens is 2. The zero-order valence-electron chi connectivity index (χ0n) is 21.8. The Morgan fingerprint density at radius 1 is 1.13 bits per heavy atom. The molecule has 0 atom stereocenters. The second-order valence-electron chi connectivity index (χ2n) is 8.90. The fourth-order valence-corrected chi connectivity index (χ4v) is 4.25. The average molecular weight is 557 g/mol. The van der Waals surface area contributed by atoms with E-state index in [0.29, 0.717) is 0 Å². The zero-order chi connectivity index (χ0) is 28.3. The predicted molar refractivity (Wildman–Crippen MR) is 140 cm³/mol. The Morgan fingerprint density at radius 3 is 2.32 bits per heavy atom. The smallest absolute Gasteiger partial charge is 0.388 e. The molecule has 0 bridgehead atoms. The number of carbonyl (C=O) groups is 2. The second-order valence-corrected chi connectivity index (χ2v) is 10.7. The molecular weight excluding hydrogens is 522 g/mol. The summed E-state index contributed by atoms with van der Waals surface area (Å²) in [6, 6.07) is 10.4. The molecular formula is C25H34F2N4O6S. The first-order valence-corrected chi connectivity index (χ1v) is 14.0. The van der Waals surface area contributed by atoms with Crippen molar-refractivity contribution in [3.63, 3.8) is 0 Å². The number of nitrogens with one attached hydrogen (secondary N) is 2. The van der Waals surface area contributed by atoms with Crippen LogP contribution in [0.2, 0.25) is 0 Å². The number of benzene rings is 1. The van der Waals surface area contributed by atoms with Gasteiger partial charge in [0.1, 0.15) is 5.69 Å². The van der Waals surface area contributed by atoms with E-state index in [2.05, 4.69) is 28.9 Å². The number of anilines is 2. The first kappa shape index (κ1) is 30.7. The summed E-state index contributed by atoms with van der Waals surface area (Å²) in [5.41, 5.74) is 1.95. The van der Waals surface area contributed by atoms with Crippen LogP contribution < -0.4 is 24.4 Å². The Morgan fingerprint density at radius 2 is 1.79 bits per heavy atom. The number of urea groups is 1. The Bertz CT molecular complexity index is 1170. The Labute approximate surface area is 221 Å². The molecule has 38 heavy (non-hydrogen) atoms. The van der Waals surface area contributed by atoms with Crippen LogP contribution in [0.25, 0.3) is 0 Å². The van der Waals surface area contributed by atoms with Gasteiger partial charge in [0.05, 0.1) is 13.4 Å². The van der Waals surface area contributed by atoms with Crippen molar-refractivity contribution in [3.05, 3.63) is 42.0 Å². The second kappa shape index (κ2) is 14.5. The number of amides is 3. The lowest BCUT2D eigenvalue weighted by atomic mass is 9.92. The lowest BCUT2D eigenvalue weighted by molar-refractivity contribution is -0.108. The Balaban J connectivity index is 0.000000638. The molecule has 13 heteroatoms. The van der Waals surface area contributed by atoms with Crippen LogP contribution in [0.1, 0.15) is 57.4 Å². The van der Waals surface area contributed by atoms with E-state index in [9.17, 15) is 26.8 Å². The Kier molecular flexibility index (Phi) is 11.7. The van der Waals surface area contributed by atoms with Gasteiger partial charge in [-0.25, -0.2) is 13.2 Å². The van der Waals surface area contributed by atoms with E-state index in [4.69, 9.17) is 4.74 Å². The molecule has 0 radical (unpaired) electrons. The molecule has 2 N–H and O–H groups in total. The number of aromatic nitrogens is 1. The number of pyridine rings is 1. The van der Waals surface area contributed by atoms with Crippen LogP contribution in [-0.2, 0) is 14.8 Å². The monoisotopic (exact) mass is 556 g/mol. The van der Waals surface area contributed by atoms with Crippen LogP contribution in [0, 0.1) is 0 Å². The van der Waals surface area contributed by atoms with E-state index >= 15 is 0 Å². The third-order valence-corrected chi connectivity index (χ3v) is 6.25. The summed E-state index contributed by atoms with van der Waals surface area (Å²) in [5.74, 6) is -0.0538. The number of para-hydroxylation sites is 1. The number of methoxy groups -OCH3 is 1. The predicted octanol–water partition coefficient (Wildman–Crippen LogP) is 4.88. The maximum Gasteiger partial charge on any atom is 0.388 e. The molecule has 1 aliphatic carbocycles. The summed E-state index contributed by atoms with van der Waals surface area (Å²) in [5, 5.41) is 2.74. The first-order chi connectivity index (χ1) is 18.0. The van der Waals surface area contributed by atoms with Crippen LogP contribution in [0.5, 0.6) is 11.8 Å². The molecule has 0 saturated heterocycles. The van der Waals surface area contributed by atoms with E-state index in [1.165, 1.54) is 19.2 Å². The molecule has 1 fully saturated rings. The highest BCUT2D eigenvalue weighted by Crippen LogP contribution is 2.34. The molecule has 1 aromatic carbocycles. The standard InChI is InChI=1S/C23H29F2N3O3.C2H5NO3S/c1-15(2)17-11-7-8-12-19(17)28(16-9-5-4-6-10-16)23(29)26-18-13-14-20(30-3)27-21(18)31-22(24)25;1-7(5,6)3-2-4/h7-8,11-16,22H,4-6,9-10H2,1-3H3,(H,26,29);2H,1H3,(H,3,4). The summed E-state index contributed by atoms with van der Waals surface area (Å²) >= 11 is 0. The van der Waals surface area contributed by atoms with Crippen LogP contribution >= 0.6 is 0 Å². The van der Waals surface area contributed by atoms with Crippen molar-refractivity contribution in [1.82, 2.24) is 9.71 Å². The highest BCUT2D eigenvalue weighted by atomic mass is 32.2. The maximum absolute atomic E-state index is 13.5. The minimum Gasteiger partial charge on any atom is -0.481 e. The van der Waals surface area contributed by atoms with Crippen molar-refractivity contribution in [1.29, 1.82) is 0 Å². The molecule has 0 unspecified atom stereocenters. The summed E-state index contributed by atoms with van der Waals surface area (Å²) < 4.78 is 56.7. The van der Waals surface area contributed by atoms with Gasteiger partial charge < -0.3 is 14.8 Å². The molecule has 210 valence electrons. The number of alkyl halides is 2. The van der Waals surface area contributed by atoms with Crippen LogP contribution in [0.3, 0.4) is 0 Å². The molecule has 1 aromatic heterocycles. The number of hydrogen-bond donors (Lipinski definition) is 2. The highest BCUT2D eigenvalue weighted by Gasteiger charge is 2.30. The number of rotatable bonds is 9. The van der Waals surface area contributed by atoms with Crippen molar-refractivity contribution in [3.8, 4) is 11.8 Å². The third kappa shape index (κ3) is 9.43. The molecule has 1 saturated carbocycles. The van der Waals surface area contributed by atoms with E-state index in [1.54, 1.807) is 9.62 Å². The average Bonchev–Trinajstić information content (AvgIpc) is 2.85. The molecule has 1 heterocycles. The number of sulfonamides is 1. The third-order valence-electron chi connectivity index (χ3n) is 5.73. The van der Waals surface area contributed by atoms with Gasteiger partial charge in [0, 0.05) is 17.8 Å². The van der Waals surface area contributed by atoms with E-state index in [-0.39, 0.29) is 35.8 Å². The summed E-state index contributed by atoms with van der Waals surface area (Å²) in [4.78, 5) is 28.5. The van der Waals surface area contributed by atoms with Gasteiger partial charge in [0.25, 0.3) is 0 Å². The van der Waals surface area contributed by atoms with E-state index in [1.807, 2.05) is 24.3 Å². The maximum atomic E-state index is 13.5. The van der Waals surface area contributed by atoms with Crippen LogP contribution in [-0.4, -0.2) is 51.9 Å². The number of carbonyl (C=O) groups excluding carboxylic acids is 2. The van der Waals surface area contributed by atoms with Crippen molar-refractivity contribution in [2.45, 2.75) is 64.5 Å². The highest BCUT2D eigenvalue weighted by molar-refractivity contribution is 7.89. The van der Waals surface area contributed by atoms with Gasteiger partial charge in [0.2, 0.25) is 28.2 Å². The van der Waals surface area contributed by atoms with Gasteiger partial charge >= 0.3 is 12.6 Å². The van der Waals surface area contributed by atoms with Gasteiger partial charge in [-0.15, -0.1) is 0 Å². The lowest BCUT2D eigenvalue weighted by Gasteiger charge is -2.36. The summed E-state index contributed by atoms with van der Waals surface area (Å²) in [6.45, 7) is 1.08. The van der Waals surface area contributed by atoms with E-state index < -0.39 is 22.7 Å². The molecule has 3 amide bonds. The first-order valence-electron chi connectivity index (χ1n) is 12.1. The largest absolute Gasteiger partial charge is 0.481 e. The quantitative estimate of drug-likeness (QED) is 0.422. The normalized spacial score (nSPS) is 13.8. The zero-order valence-corrected chi connectivity index (χ0v) is 22.6. The van der Waals surface area contributed by atoms with Crippen molar-refractivity contribution in [2.75, 3.05) is 23.6 Å². The van der Waals surface area contributed by atoms with Crippen LogP contribution in [0.15, 0.2) is 36.4 Å². The molecule has 3 rings (SSSR count). The van der Waals surface area contributed by atoms with Crippen molar-refractivity contribution < 1.29 is 36.3 Å². The summed E-state index contributed by atoms with van der Waals surface area (Å²) in [7, 11) is -1.92. The SMILES string of the molecule is COc1ccc(NC(=O)N(c2ccccc2C(C)C)C2CCCCC2)c(OC(F)F)n1.CS(=O)(=O)NC=O. The Hall–Kier alpha value is -3.48. The van der Waals surface area contributed by atoms with Crippen molar-refractivity contribution in [2.24, 2.45) is 0 Å². The van der Waals surface area contributed by atoms with Gasteiger partial charge in [-0.2, -0.15) is 13.8 Å². The molecule has 1 aliphatic rings. The minimum absolute atomic E-state index is 0.0272. The number of hydrogen-bond acceptors (Lipinski definition) is 7. The molecule has 2 aromatic rings. The van der Waals surface area contributed by atoms with Gasteiger partial charge in [0.15, 0.2) is 0 Å². The summed E-state index contributed by atoms with van der Waals surface area (Å²) in [6.07, 6.45) is 6.04. The van der Waals surface area contributed by atoms with Crippen LogP contribution in [0.4, 0.5) is 25.0 Å². The molecule has 10 nitrogen and oxygen atoms in total. The number of ether oxygens (including phenoxy) is 2. The van der Waals surface area contributed by atoms with E-state index in [0.717, 1.165) is 49.6 Å². The van der Waals surface area contributed by atoms with Crippen molar-refractivity contribution >= 4 is 33.8 Å². The van der Waals surface area contributed by atoms with Gasteiger partial charge in [-0.05, 0) is 36.5 Å². The fourth-order valence-electron chi connectivity index (χ4n) is 4.08. The topological polar surface area (TPSA) is 127 Å². The molecule has 0 spiro atoms. The lowest BCUT2D eigenvalue weighted by Crippen LogP contribution is -2.44. The minimum atomic E-state index is -3.29. The van der Waals surface area contributed by atoms with Gasteiger partial charge in [-0.1, -0.05) is 51.3 Å². The molecule has 0 aliphatic heterocycles.